The second-order valence-corrected chi connectivity index (χ2v) is 10.3. The molecule has 0 bridgehead atoms. The maximum absolute atomic E-state index is 10.4. The second kappa shape index (κ2) is 4.98. The van der Waals surface area contributed by atoms with Gasteiger partial charge in [-0.2, -0.15) is 0 Å². The third-order valence-electron chi connectivity index (χ3n) is 9.55. The Hall–Kier alpha value is -0.120. The monoisotopic (exact) mass is 334 g/mol. The van der Waals surface area contributed by atoms with Gasteiger partial charge in [-0.3, -0.25) is 0 Å². The first-order chi connectivity index (χ1) is 11.4. The van der Waals surface area contributed by atoms with Crippen molar-refractivity contribution in [3.05, 3.63) is 0 Å². The van der Waals surface area contributed by atoms with Gasteiger partial charge in [-0.25, -0.2) is 0 Å². The lowest BCUT2D eigenvalue weighted by atomic mass is 9.44. The van der Waals surface area contributed by atoms with Crippen molar-refractivity contribution in [2.45, 2.75) is 90.1 Å². The maximum atomic E-state index is 10.4. The van der Waals surface area contributed by atoms with Crippen LogP contribution in [0.3, 0.4) is 0 Å². The highest BCUT2D eigenvalue weighted by atomic mass is 16.6. The first-order valence-electron chi connectivity index (χ1n) is 10.4. The molecular weight excluding hydrogens is 300 g/mol. The molecule has 1 saturated heterocycles. The highest BCUT2D eigenvalue weighted by molar-refractivity contribution is 5.21. The molecule has 0 spiro atoms. The van der Waals surface area contributed by atoms with Crippen molar-refractivity contribution in [2.75, 3.05) is 0 Å². The number of epoxide rings is 1. The van der Waals surface area contributed by atoms with Crippen LogP contribution < -0.4 is 0 Å². The fraction of sp³-hybridized carbons (Fsp3) is 1.00. The van der Waals surface area contributed by atoms with Gasteiger partial charge in [0.05, 0.1) is 24.4 Å². The van der Waals surface area contributed by atoms with Crippen molar-refractivity contribution >= 4 is 0 Å². The van der Waals surface area contributed by atoms with Crippen LogP contribution in [0, 0.1) is 40.4 Å². The van der Waals surface area contributed by atoms with Gasteiger partial charge in [0.2, 0.25) is 0 Å². The Morgan fingerprint density at radius 2 is 1.88 bits per heavy atom. The lowest BCUT2D eigenvalue weighted by Crippen LogP contribution is -2.57. The molecule has 4 aliphatic carbocycles. The molecule has 0 amide bonds. The summed E-state index contributed by atoms with van der Waals surface area (Å²) >= 11 is 0. The molecule has 3 nitrogen and oxygen atoms in total. The van der Waals surface area contributed by atoms with Crippen molar-refractivity contribution in [1.82, 2.24) is 0 Å². The van der Waals surface area contributed by atoms with Crippen LogP contribution >= 0.6 is 0 Å². The van der Waals surface area contributed by atoms with Gasteiger partial charge in [-0.15, -0.1) is 0 Å². The number of aliphatic hydroxyl groups is 2. The number of fused-ring (bicyclic) bond motifs is 8. The molecule has 2 unspecified atom stereocenters. The van der Waals surface area contributed by atoms with E-state index in [-0.39, 0.29) is 17.6 Å². The minimum Gasteiger partial charge on any atom is -0.393 e. The van der Waals surface area contributed by atoms with E-state index in [1.54, 1.807) is 0 Å². The number of hydrogen-bond donors (Lipinski definition) is 2. The molecule has 0 aromatic carbocycles. The minimum atomic E-state index is -0.210. The molecule has 136 valence electrons. The zero-order valence-electron chi connectivity index (χ0n) is 15.4. The summed E-state index contributed by atoms with van der Waals surface area (Å²) in [4.78, 5) is 0. The summed E-state index contributed by atoms with van der Waals surface area (Å²) in [6.07, 6.45) is 8.75. The Kier molecular flexibility index (Phi) is 3.34. The van der Waals surface area contributed by atoms with E-state index in [1.807, 2.05) is 6.92 Å². The van der Waals surface area contributed by atoms with Crippen LogP contribution in [0.15, 0.2) is 0 Å². The lowest BCUT2D eigenvalue weighted by molar-refractivity contribution is -0.118. The van der Waals surface area contributed by atoms with Crippen molar-refractivity contribution in [3.8, 4) is 0 Å². The Morgan fingerprint density at radius 1 is 1.08 bits per heavy atom. The van der Waals surface area contributed by atoms with E-state index in [1.165, 1.54) is 32.1 Å². The van der Waals surface area contributed by atoms with Crippen LogP contribution in [0.2, 0.25) is 0 Å². The quantitative estimate of drug-likeness (QED) is 0.723. The molecule has 0 aromatic rings. The summed E-state index contributed by atoms with van der Waals surface area (Å²) in [5.41, 5.74) is 0.559. The normalized spacial score (nSPS) is 62.9. The molecule has 4 saturated carbocycles. The third kappa shape index (κ3) is 1.85. The van der Waals surface area contributed by atoms with Gasteiger partial charge in [0.15, 0.2) is 0 Å². The van der Waals surface area contributed by atoms with Crippen LogP contribution in [-0.4, -0.2) is 34.6 Å². The van der Waals surface area contributed by atoms with E-state index in [2.05, 4.69) is 13.8 Å². The molecule has 11 atom stereocenters. The van der Waals surface area contributed by atoms with Gasteiger partial charge in [0, 0.05) is 5.41 Å². The topological polar surface area (TPSA) is 53.0 Å². The van der Waals surface area contributed by atoms with E-state index in [4.69, 9.17) is 4.74 Å². The summed E-state index contributed by atoms with van der Waals surface area (Å²) < 4.78 is 6.41. The van der Waals surface area contributed by atoms with E-state index >= 15 is 0 Å². The summed E-state index contributed by atoms with van der Waals surface area (Å²) in [7, 11) is 0. The lowest BCUT2D eigenvalue weighted by Gasteiger charge is -2.59. The molecule has 2 N–H and O–H groups in total. The van der Waals surface area contributed by atoms with Crippen LogP contribution in [-0.2, 0) is 4.74 Å². The fourth-order valence-electron chi connectivity index (χ4n) is 8.43. The van der Waals surface area contributed by atoms with Crippen molar-refractivity contribution in [2.24, 2.45) is 40.4 Å². The maximum Gasteiger partial charge on any atom is 0.0904 e. The van der Waals surface area contributed by atoms with E-state index < -0.39 is 0 Å². The van der Waals surface area contributed by atoms with Gasteiger partial charge >= 0.3 is 0 Å². The van der Waals surface area contributed by atoms with Crippen LogP contribution in [0.25, 0.3) is 0 Å². The first kappa shape index (κ1) is 16.1. The first-order valence-corrected chi connectivity index (χ1v) is 10.4. The minimum absolute atomic E-state index is 0.0736. The molecule has 24 heavy (non-hydrogen) atoms. The van der Waals surface area contributed by atoms with Gasteiger partial charge in [-0.05, 0) is 86.9 Å². The highest BCUT2D eigenvalue weighted by Gasteiger charge is 2.73. The van der Waals surface area contributed by atoms with Crippen LogP contribution in [0.4, 0.5) is 0 Å². The summed E-state index contributed by atoms with van der Waals surface area (Å²) in [6, 6.07) is 0. The molecular formula is C21H34O3. The second-order valence-electron chi connectivity index (χ2n) is 10.3. The average molecular weight is 335 g/mol. The van der Waals surface area contributed by atoms with Gasteiger partial charge in [-0.1, -0.05) is 13.8 Å². The van der Waals surface area contributed by atoms with Gasteiger partial charge < -0.3 is 14.9 Å². The number of rotatable bonds is 1. The molecule has 1 aliphatic heterocycles. The fourth-order valence-corrected chi connectivity index (χ4v) is 8.43. The standard InChI is InChI=1S/C21H34O3/c1-11(22)15-6-7-16-14-5-4-12-10-13(23)8-9-20(12,2)17(14)18-19(24-18)21(15,16)3/h11-19,22-23H,4-10H2,1-3H3/t11?,12?,13-,14+,15-,16+,17-,18-,19-,20+,21-/m1/s1. The van der Waals surface area contributed by atoms with Crippen molar-refractivity contribution in [3.63, 3.8) is 0 Å². The van der Waals surface area contributed by atoms with E-state index in [0.717, 1.165) is 24.7 Å². The Balaban J connectivity index is 1.50. The molecule has 0 radical (unpaired) electrons. The molecule has 5 rings (SSSR count). The largest absolute Gasteiger partial charge is 0.393 e. The van der Waals surface area contributed by atoms with E-state index in [9.17, 15) is 10.2 Å². The van der Waals surface area contributed by atoms with Gasteiger partial charge in [0.1, 0.15) is 0 Å². The average Bonchev–Trinajstić information content (AvgIpc) is 3.24. The number of hydrogen-bond acceptors (Lipinski definition) is 3. The third-order valence-corrected chi connectivity index (χ3v) is 9.55. The zero-order chi connectivity index (χ0) is 16.9. The predicted octanol–water partition coefficient (Wildman–Crippen LogP) is 3.37. The van der Waals surface area contributed by atoms with Gasteiger partial charge in [0.25, 0.3) is 0 Å². The zero-order valence-corrected chi connectivity index (χ0v) is 15.4. The smallest absolute Gasteiger partial charge is 0.0904 e. The molecule has 0 aromatic heterocycles. The summed E-state index contributed by atoms with van der Waals surface area (Å²) in [5, 5.41) is 20.5. The number of aliphatic hydroxyl groups excluding tert-OH is 2. The van der Waals surface area contributed by atoms with Crippen molar-refractivity contribution in [1.29, 1.82) is 0 Å². The molecule has 5 aliphatic rings. The van der Waals surface area contributed by atoms with Crippen molar-refractivity contribution < 1.29 is 14.9 Å². The van der Waals surface area contributed by atoms with E-state index in [0.29, 0.717) is 35.4 Å². The SMILES string of the molecule is CC(O)[C@H]1CC[C@H]2[C@@H]3CCC4C[C@H](O)CC[C@]4(C)[C@H]3[C@H]3O[C@H]3[C@]12C. The van der Waals surface area contributed by atoms with Crippen LogP contribution in [0.1, 0.15) is 65.7 Å². The Morgan fingerprint density at radius 3 is 2.62 bits per heavy atom. The highest BCUT2D eigenvalue weighted by Crippen LogP contribution is 2.72. The number of ether oxygens (including phenoxy) is 1. The molecule has 5 fully saturated rings. The van der Waals surface area contributed by atoms with Crippen LogP contribution in [0.5, 0.6) is 0 Å². The Bertz CT molecular complexity index is 533. The molecule has 1 heterocycles. The predicted molar refractivity (Wildman–Crippen MR) is 92.3 cm³/mol. The Labute approximate surface area is 146 Å². The molecule has 3 heteroatoms. The summed E-state index contributed by atoms with van der Waals surface area (Å²) in [5.74, 6) is 3.30. The summed E-state index contributed by atoms with van der Waals surface area (Å²) in [6.45, 7) is 6.94.